The molecule has 1 aliphatic heterocycles. The molecule has 0 amide bonds. The van der Waals surface area contributed by atoms with Crippen LogP contribution in [0.25, 0.3) is 0 Å². The molecule has 0 radical (unpaired) electrons. The van der Waals surface area contributed by atoms with Crippen LogP contribution in [0.2, 0.25) is 0 Å². The van der Waals surface area contributed by atoms with Gasteiger partial charge in [-0.1, -0.05) is 39.3 Å². The maximum Gasteiger partial charge on any atom is 0.340 e. The number of allylic oxidation sites excluding steroid dienone is 1. The number of aromatic nitrogens is 1. The van der Waals surface area contributed by atoms with Gasteiger partial charge in [0, 0.05) is 40.1 Å². The van der Waals surface area contributed by atoms with Crippen molar-refractivity contribution in [2.45, 2.75) is 65.3 Å². The lowest BCUT2D eigenvalue weighted by Gasteiger charge is -2.64. The molecule has 3 aliphatic carbocycles. The van der Waals surface area contributed by atoms with Gasteiger partial charge in [-0.2, -0.15) is 0 Å². The van der Waals surface area contributed by atoms with Crippen LogP contribution in [0.15, 0.2) is 59.2 Å². The van der Waals surface area contributed by atoms with E-state index in [1.165, 1.54) is 19.5 Å². The lowest BCUT2D eigenvalue weighted by Crippen LogP contribution is -2.69. The third kappa shape index (κ3) is 4.20. The van der Waals surface area contributed by atoms with Crippen molar-refractivity contribution < 1.29 is 42.9 Å². The fourth-order valence-electron chi connectivity index (χ4n) is 9.02. The van der Waals surface area contributed by atoms with Crippen LogP contribution in [-0.4, -0.2) is 53.1 Å². The quantitative estimate of drug-likeness (QED) is 0.305. The predicted molar refractivity (Wildman–Crippen MR) is 150 cm³/mol. The van der Waals surface area contributed by atoms with E-state index in [2.05, 4.69) is 11.9 Å². The number of cyclic esters (lactones) is 1. The molecule has 9 atom stereocenters. The Hall–Kier alpha value is -3.79. The summed E-state index contributed by atoms with van der Waals surface area (Å²) in [5.74, 6) is -4.54. The van der Waals surface area contributed by atoms with Crippen molar-refractivity contribution in [3.8, 4) is 0 Å². The molecule has 0 spiro atoms. The molecule has 6 rings (SSSR count). The van der Waals surface area contributed by atoms with Crippen LogP contribution < -0.4 is 0 Å². The van der Waals surface area contributed by atoms with Gasteiger partial charge in [-0.05, 0) is 42.9 Å². The van der Waals surface area contributed by atoms with Crippen LogP contribution in [0.1, 0.15) is 69.0 Å². The number of carbonyl (C=O) groups excluding carboxylic acids is 4. The van der Waals surface area contributed by atoms with Crippen molar-refractivity contribution in [1.82, 2.24) is 4.98 Å². The third-order valence-electron chi connectivity index (χ3n) is 11.0. The number of ether oxygens (including phenoxy) is 3. The van der Waals surface area contributed by atoms with Gasteiger partial charge in [-0.25, -0.2) is 9.59 Å². The van der Waals surface area contributed by atoms with Crippen LogP contribution in [0, 0.1) is 39.9 Å². The van der Waals surface area contributed by atoms with Crippen molar-refractivity contribution in [3.63, 3.8) is 0 Å². The summed E-state index contributed by atoms with van der Waals surface area (Å²) in [6.45, 7) is 7.55. The Bertz CT molecular complexity index is 1480. The number of carbonyl (C=O) groups is 4. The highest BCUT2D eigenvalue weighted by Gasteiger charge is 2.70. The number of hydrogen-bond acceptors (Lipinski definition) is 10. The van der Waals surface area contributed by atoms with Crippen molar-refractivity contribution >= 4 is 23.7 Å². The Labute approximate surface area is 249 Å². The third-order valence-corrected chi connectivity index (χ3v) is 11.0. The first-order chi connectivity index (χ1) is 20.4. The molecule has 2 aromatic rings. The second kappa shape index (κ2) is 10.1. The molecule has 2 saturated carbocycles. The Kier molecular flexibility index (Phi) is 6.91. The Balaban J connectivity index is 1.50. The van der Waals surface area contributed by atoms with E-state index in [1.54, 1.807) is 30.7 Å². The lowest BCUT2D eigenvalue weighted by molar-refractivity contribution is -0.202. The number of methoxy groups -OCH3 is 1. The number of aliphatic hydroxyl groups is 1. The van der Waals surface area contributed by atoms with Gasteiger partial charge in [-0.15, -0.1) is 0 Å². The van der Waals surface area contributed by atoms with Gasteiger partial charge in [0.15, 0.2) is 6.10 Å². The summed E-state index contributed by atoms with van der Waals surface area (Å²) in [5, 5.41) is 11.5. The van der Waals surface area contributed by atoms with Gasteiger partial charge >= 0.3 is 17.9 Å². The van der Waals surface area contributed by atoms with Gasteiger partial charge < -0.3 is 23.7 Å². The monoisotopic (exact) mass is 591 g/mol. The van der Waals surface area contributed by atoms with Crippen LogP contribution in [0.3, 0.4) is 0 Å². The lowest BCUT2D eigenvalue weighted by atomic mass is 9.40. The molecular weight excluding hydrogens is 554 g/mol. The van der Waals surface area contributed by atoms with Crippen LogP contribution in [0.4, 0.5) is 0 Å². The minimum Gasteiger partial charge on any atom is -0.472 e. The number of Topliss-reactive ketones (excluding diaryl/α,β-unsaturated/α-hetero) is 1. The fourth-order valence-corrected chi connectivity index (χ4v) is 9.02. The smallest absolute Gasteiger partial charge is 0.340 e. The molecule has 1 saturated heterocycles. The number of fused-ring (bicyclic) bond motifs is 6. The molecule has 3 fully saturated rings. The van der Waals surface area contributed by atoms with Crippen molar-refractivity contribution in [2.24, 2.45) is 39.9 Å². The summed E-state index contributed by atoms with van der Waals surface area (Å²) in [6, 6.07) is 4.98. The van der Waals surface area contributed by atoms with Gasteiger partial charge in [0.05, 0.1) is 37.5 Å². The summed E-state index contributed by atoms with van der Waals surface area (Å²) in [4.78, 5) is 58.0. The van der Waals surface area contributed by atoms with E-state index in [0.29, 0.717) is 12.8 Å². The summed E-state index contributed by atoms with van der Waals surface area (Å²) in [6.07, 6.45) is 6.08. The fraction of sp³-hybridized carbons (Fsp3) is 0.545. The average molecular weight is 592 g/mol. The summed E-state index contributed by atoms with van der Waals surface area (Å²) < 4.78 is 22.3. The van der Waals surface area contributed by atoms with E-state index in [-0.39, 0.29) is 35.6 Å². The molecule has 2 bridgehead atoms. The van der Waals surface area contributed by atoms with E-state index in [4.69, 9.17) is 18.6 Å². The molecule has 43 heavy (non-hydrogen) atoms. The summed E-state index contributed by atoms with van der Waals surface area (Å²) in [7, 11) is 1.19. The topological polar surface area (TPSA) is 142 Å². The highest BCUT2D eigenvalue weighted by atomic mass is 16.6. The number of rotatable bonds is 5. The normalized spacial score (nSPS) is 36.7. The first kappa shape index (κ1) is 29.3. The summed E-state index contributed by atoms with van der Waals surface area (Å²) in [5.41, 5.74) is -0.858. The van der Waals surface area contributed by atoms with Crippen LogP contribution in [-0.2, 0) is 28.6 Å². The highest BCUT2D eigenvalue weighted by molar-refractivity contribution is 5.95. The zero-order valence-corrected chi connectivity index (χ0v) is 24.9. The van der Waals surface area contributed by atoms with E-state index in [9.17, 15) is 24.3 Å². The van der Waals surface area contributed by atoms with Crippen molar-refractivity contribution in [1.29, 1.82) is 0 Å². The molecular formula is C33H37NO9. The zero-order valence-electron chi connectivity index (χ0n) is 24.9. The number of hydrogen-bond donors (Lipinski definition) is 1. The number of furan rings is 1. The van der Waals surface area contributed by atoms with Gasteiger partial charge in [0.2, 0.25) is 0 Å². The van der Waals surface area contributed by atoms with Crippen molar-refractivity contribution in [3.05, 3.63) is 65.9 Å². The standard InChI is InChI=1S/C33H37NO9/c1-31(2)25(24(36)30(39)40-5)33(4)21-8-10-32(3)22(14-23(35)42-27(32)18-9-12-41-16-18)19(21)13-20(26(33)37)28(31)43-29(38)17-7-6-11-34-15-17/h6-7,9,11-13,15-16,20-22,24-25,27-28,36H,8,10,14H2,1-5H3/t20-,21+,22+,24?,25+,27+,28-,32-,33-/m1/s1. The molecule has 228 valence electrons. The molecule has 10 nitrogen and oxygen atoms in total. The van der Waals surface area contributed by atoms with E-state index >= 15 is 0 Å². The number of ketones is 1. The Morgan fingerprint density at radius 3 is 2.56 bits per heavy atom. The van der Waals surface area contributed by atoms with Gasteiger partial charge in [0.25, 0.3) is 0 Å². The first-order valence-corrected chi connectivity index (χ1v) is 14.7. The zero-order chi connectivity index (χ0) is 30.9. The minimum atomic E-state index is -1.66. The van der Waals surface area contributed by atoms with E-state index in [0.717, 1.165) is 11.1 Å². The Morgan fingerprint density at radius 1 is 1.14 bits per heavy atom. The van der Waals surface area contributed by atoms with Gasteiger partial charge in [-0.3, -0.25) is 14.6 Å². The van der Waals surface area contributed by atoms with Crippen molar-refractivity contribution in [2.75, 3.05) is 7.11 Å². The number of nitrogens with zero attached hydrogens (tertiary/aromatic N) is 1. The molecule has 3 heterocycles. The molecule has 1 unspecified atom stereocenters. The molecule has 10 heteroatoms. The second-order valence-electron chi connectivity index (χ2n) is 13.5. The SMILES string of the molecule is COC(=O)C(O)[C@H]1C(C)(C)[C@H](OC(=O)c2cccnc2)[C@@H]2C=C3[C@@H]4CC(=O)O[C@@H](c5ccoc5)[C@]4(C)CC[C@@H]3[C@@]1(C)C2=O. The minimum absolute atomic E-state index is 0.123. The maximum absolute atomic E-state index is 14.6. The maximum atomic E-state index is 14.6. The Morgan fingerprint density at radius 2 is 1.91 bits per heavy atom. The summed E-state index contributed by atoms with van der Waals surface area (Å²) >= 11 is 0. The van der Waals surface area contributed by atoms with Crippen LogP contribution in [0.5, 0.6) is 0 Å². The molecule has 4 aliphatic rings. The number of esters is 3. The molecule has 1 N–H and O–H groups in total. The van der Waals surface area contributed by atoms with Crippen LogP contribution >= 0.6 is 0 Å². The number of aliphatic hydroxyl groups excluding tert-OH is 1. The largest absolute Gasteiger partial charge is 0.472 e. The molecule has 2 aromatic heterocycles. The second-order valence-corrected chi connectivity index (χ2v) is 13.5. The highest BCUT2D eigenvalue weighted by Crippen LogP contribution is 2.68. The number of pyridine rings is 1. The average Bonchev–Trinajstić information content (AvgIpc) is 3.52. The molecule has 0 aromatic carbocycles. The van der Waals surface area contributed by atoms with Gasteiger partial charge in [0.1, 0.15) is 18.0 Å². The first-order valence-electron chi connectivity index (χ1n) is 14.7. The van der Waals surface area contributed by atoms with E-state index < -0.39 is 58.3 Å². The van der Waals surface area contributed by atoms with E-state index in [1.807, 2.05) is 26.8 Å². The predicted octanol–water partition coefficient (Wildman–Crippen LogP) is 4.24.